The van der Waals surface area contributed by atoms with Gasteiger partial charge in [0.15, 0.2) is 0 Å². The molecule has 0 bridgehead atoms. The number of rotatable bonds is 3. The van der Waals surface area contributed by atoms with Crippen LogP contribution in [0.2, 0.25) is 0 Å². The van der Waals surface area contributed by atoms with Gasteiger partial charge in [0.05, 0.1) is 16.7 Å². The van der Waals surface area contributed by atoms with Gasteiger partial charge in [-0.1, -0.05) is 102 Å². The van der Waals surface area contributed by atoms with Crippen molar-refractivity contribution in [1.29, 1.82) is 0 Å². The molecule has 0 spiro atoms. The van der Waals surface area contributed by atoms with Crippen LogP contribution in [0.25, 0.3) is 27.5 Å². The normalized spacial score (nSPS) is 13.1. The van der Waals surface area contributed by atoms with E-state index in [1.54, 1.807) is 0 Å². The third kappa shape index (κ3) is 3.77. The highest BCUT2D eigenvalue weighted by molar-refractivity contribution is 7.00. The van der Waals surface area contributed by atoms with Crippen LogP contribution in [0.3, 0.4) is 0 Å². The van der Waals surface area contributed by atoms with Crippen molar-refractivity contribution in [2.45, 2.75) is 13.8 Å². The fourth-order valence-electron chi connectivity index (χ4n) is 8.28. The molecular formula is C44H32BN3. The number of para-hydroxylation sites is 3. The van der Waals surface area contributed by atoms with Gasteiger partial charge in [-0.25, -0.2) is 0 Å². The first kappa shape index (κ1) is 27.1. The van der Waals surface area contributed by atoms with Crippen LogP contribution in [-0.2, 0) is 0 Å². The average molecular weight is 614 g/mol. The van der Waals surface area contributed by atoms with Gasteiger partial charge >= 0.3 is 0 Å². The summed E-state index contributed by atoms with van der Waals surface area (Å²) in [5.74, 6) is 0. The van der Waals surface area contributed by atoms with E-state index >= 15 is 0 Å². The van der Waals surface area contributed by atoms with Crippen molar-refractivity contribution in [1.82, 2.24) is 4.57 Å². The number of anilines is 6. The first-order valence-electron chi connectivity index (χ1n) is 16.7. The third-order valence-corrected chi connectivity index (χ3v) is 10.3. The quantitative estimate of drug-likeness (QED) is 0.184. The maximum atomic E-state index is 2.53. The van der Waals surface area contributed by atoms with E-state index < -0.39 is 0 Å². The van der Waals surface area contributed by atoms with Crippen molar-refractivity contribution in [3.8, 4) is 5.69 Å². The van der Waals surface area contributed by atoms with Gasteiger partial charge in [-0.3, -0.25) is 0 Å². The zero-order valence-electron chi connectivity index (χ0n) is 26.9. The van der Waals surface area contributed by atoms with E-state index in [-0.39, 0.29) is 6.71 Å². The SMILES string of the molecule is Cc1ccc(N2c3ccc(C)cc3B3c4ccccc4N(c4cccc5c4c4ccccc4n5-c4ccccc4)c4cccc2c43)cc1. The Balaban J connectivity index is 1.30. The molecule has 0 fully saturated rings. The number of hydrogen-bond acceptors (Lipinski definition) is 2. The molecule has 48 heavy (non-hydrogen) atoms. The summed E-state index contributed by atoms with van der Waals surface area (Å²) in [5.41, 5.74) is 17.4. The van der Waals surface area contributed by atoms with E-state index in [1.165, 1.54) is 83.4 Å². The van der Waals surface area contributed by atoms with Crippen molar-refractivity contribution in [3.05, 3.63) is 169 Å². The highest BCUT2D eigenvalue weighted by atomic mass is 15.2. The van der Waals surface area contributed by atoms with E-state index in [0.29, 0.717) is 0 Å². The molecule has 0 unspecified atom stereocenters. The molecule has 4 heteroatoms. The standard InChI is InChI=1S/C44H32BN3/c1-29-22-25-32(26-23-29)47-38-27-24-30(2)28-35(38)45-34-15-7-9-17-37(34)48(42-21-11-20-41(47)44(42)45)40-19-10-18-39-43(40)33-14-6-8-16-36(33)46(39)31-12-4-3-5-13-31/h3-28H,1-2H3. The molecule has 8 aromatic rings. The van der Waals surface area contributed by atoms with Crippen LogP contribution in [0.5, 0.6) is 0 Å². The summed E-state index contributed by atoms with van der Waals surface area (Å²) in [5, 5.41) is 2.50. The Labute approximate surface area is 281 Å². The maximum absolute atomic E-state index is 2.53. The minimum absolute atomic E-state index is 0.116. The number of benzene rings is 7. The van der Waals surface area contributed by atoms with Crippen LogP contribution in [-0.4, -0.2) is 11.3 Å². The highest BCUT2D eigenvalue weighted by Gasteiger charge is 2.43. The second-order valence-corrected chi connectivity index (χ2v) is 13.1. The first-order valence-corrected chi connectivity index (χ1v) is 16.7. The Morgan fingerprint density at radius 2 is 1.04 bits per heavy atom. The fourth-order valence-corrected chi connectivity index (χ4v) is 8.28. The first-order chi connectivity index (χ1) is 23.7. The molecule has 0 amide bonds. The minimum atomic E-state index is 0.116. The lowest BCUT2D eigenvalue weighted by Crippen LogP contribution is -2.61. The Bertz CT molecular complexity index is 2550. The summed E-state index contributed by atoms with van der Waals surface area (Å²) in [4.78, 5) is 5.00. The molecule has 1 aromatic heterocycles. The smallest absolute Gasteiger partial charge is 0.252 e. The second kappa shape index (κ2) is 10.3. The zero-order valence-corrected chi connectivity index (χ0v) is 26.9. The molecule has 7 aromatic carbocycles. The van der Waals surface area contributed by atoms with Gasteiger partial charge in [0.2, 0.25) is 0 Å². The van der Waals surface area contributed by atoms with Crippen LogP contribution in [0.4, 0.5) is 34.1 Å². The lowest BCUT2D eigenvalue weighted by atomic mass is 9.33. The van der Waals surface area contributed by atoms with Crippen molar-refractivity contribution >= 4 is 79.0 Å². The minimum Gasteiger partial charge on any atom is -0.311 e. The Morgan fingerprint density at radius 1 is 0.417 bits per heavy atom. The molecular weight excluding hydrogens is 581 g/mol. The Kier molecular flexibility index (Phi) is 5.80. The monoisotopic (exact) mass is 613 g/mol. The number of hydrogen-bond donors (Lipinski definition) is 0. The number of aromatic nitrogens is 1. The predicted molar refractivity (Wildman–Crippen MR) is 204 cm³/mol. The third-order valence-electron chi connectivity index (χ3n) is 10.3. The van der Waals surface area contributed by atoms with Crippen LogP contribution in [0, 0.1) is 13.8 Å². The van der Waals surface area contributed by atoms with Gasteiger partial charge in [-0.05, 0) is 97.0 Å². The molecule has 0 N–H and O–H groups in total. The van der Waals surface area contributed by atoms with Crippen molar-refractivity contribution in [2.75, 3.05) is 9.80 Å². The van der Waals surface area contributed by atoms with E-state index in [9.17, 15) is 0 Å². The van der Waals surface area contributed by atoms with Gasteiger partial charge < -0.3 is 14.4 Å². The van der Waals surface area contributed by atoms with Crippen LogP contribution in [0.15, 0.2) is 158 Å². The number of fused-ring (bicyclic) bond motifs is 7. The lowest BCUT2D eigenvalue weighted by Gasteiger charge is -2.44. The summed E-state index contributed by atoms with van der Waals surface area (Å²) >= 11 is 0. The van der Waals surface area contributed by atoms with Crippen molar-refractivity contribution < 1.29 is 0 Å². The van der Waals surface area contributed by atoms with E-state index in [4.69, 9.17) is 0 Å². The summed E-state index contributed by atoms with van der Waals surface area (Å²) in [7, 11) is 0. The zero-order chi connectivity index (χ0) is 31.9. The molecule has 2 aliphatic rings. The van der Waals surface area contributed by atoms with E-state index in [2.05, 4.69) is 186 Å². The molecule has 10 rings (SSSR count). The molecule has 0 radical (unpaired) electrons. The maximum Gasteiger partial charge on any atom is 0.252 e. The number of aryl methyl sites for hydroxylation is 2. The average Bonchev–Trinajstić information content (AvgIpc) is 3.47. The molecule has 0 saturated carbocycles. The topological polar surface area (TPSA) is 11.4 Å². The molecule has 226 valence electrons. The van der Waals surface area contributed by atoms with Crippen molar-refractivity contribution in [2.24, 2.45) is 0 Å². The largest absolute Gasteiger partial charge is 0.311 e. The summed E-state index contributed by atoms with van der Waals surface area (Å²) in [6.07, 6.45) is 0. The summed E-state index contributed by atoms with van der Waals surface area (Å²) in [6.45, 7) is 4.48. The molecule has 0 saturated heterocycles. The highest BCUT2D eigenvalue weighted by Crippen LogP contribution is 2.47. The van der Waals surface area contributed by atoms with Crippen LogP contribution < -0.4 is 26.2 Å². The van der Waals surface area contributed by atoms with E-state index in [1.807, 2.05) is 0 Å². The van der Waals surface area contributed by atoms with E-state index in [0.717, 1.165) is 5.69 Å². The Hall–Kier alpha value is -6.00. The molecule has 3 heterocycles. The molecule has 0 aliphatic carbocycles. The van der Waals surface area contributed by atoms with Crippen LogP contribution in [0.1, 0.15) is 11.1 Å². The van der Waals surface area contributed by atoms with Gasteiger partial charge in [-0.2, -0.15) is 0 Å². The molecule has 3 nitrogen and oxygen atoms in total. The van der Waals surface area contributed by atoms with Gasteiger partial charge in [0, 0.05) is 44.9 Å². The van der Waals surface area contributed by atoms with Crippen LogP contribution >= 0.6 is 0 Å². The van der Waals surface area contributed by atoms with Gasteiger partial charge in [0.1, 0.15) is 0 Å². The van der Waals surface area contributed by atoms with Gasteiger partial charge in [0.25, 0.3) is 6.71 Å². The predicted octanol–water partition coefficient (Wildman–Crippen LogP) is 9.48. The van der Waals surface area contributed by atoms with Crippen molar-refractivity contribution in [3.63, 3.8) is 0 Å². The molecule has 0 atom stereocenters. The fraction of sp³-hybridized carbons (Fsp3) is 0.0455. The molecule has 2 aliphatic heterocycles. The lowest BCUT2D eigenvalue weighted by molar-refractivity contribution is 1.18. The second-order valence-electron chi connectivity index (χ2n) is 13.1. The summed E-state index contributed by atoms with van der Waals surface area (Å²) in [6, 6.07) is 58.2. The Morgan fingerprint density at radius 3 is 1.90 bits per heavy atom. The summed E-state index contributed by atoms with van der Waals surface area (Å²) < 4.78 is 2.41. The number of nitrogens with zero attached hydrogens (tertiary/aromatic N) is 3. The van der Waals surface area contributed by atoms with Gasteiger partial charge in [-0.15, -0.1) is 0 Å².